The van der Waals surface area contributed by atoms with Gasteiger partial charge >= 0.3 is 35.6 Å². The van der Waals surface area contributed by atoms with Gasteiger partial charge in [0.15, 0.2) is 17.5 Å². The third kappa shape index (κ3) is 5.32. The molecule has 22 heavy (non-hydrogen) atoms. The van der Waals surface area contributed by atoms with Crippen LogP contribution >= 0.6 is 18.6 Å². The van der Waals surface area contributed by atoms with Crippen molar-refractivity contribution in [2.75, 3.05) is 0 Å². The van der Waals surface area contributed by atoms with Crippen LogP contribution in [-0.4, -0.2) is 11.3 Å². The van der Waals surface area contributed by atoms with Crippen molar-refractivity contribution in [3.8, 4) is 5.75 Å². The molecular formula is C14H10Cl2F3NOTi. The standard InChI is InChI=1S/C14H10F3NO.2ClH.Ti/c1-8-3-2-4-9(14(8)19)7-18-13-6-11(16)10(15)5-12(13)17;;;/h2-7,19H,1H3;2*1H;/q;;;+2/p-2. The number of benzene rings is 2. The van der Waals surface area contributed by atoms with E-state index in [1.54, 1.807) is 25.1 Å². The average molecular weight is 384 g/mol. The Balaban J connectivity index is 0.000000745. The first kappa shape index (κ1) is 19.0. The van der Waals surface area contributed by atoms with Crippen LogP contribution in [0.3, 0.4) is 0 Å². The number of para-hydroxylation sites is 1. The van der Waals surface area contributed by atoms with E-state index in [-0.39, 0.29) is 11.4 Å². The van der Waals surface area contributed by atoms with Crippen molar-refractivity contribution in [2.45, 2.75) is 6.92 Å². The number of hydrogen-bond donors (Lipinski definition) is 1. The molecule has 0 amide bonds. The van der Waals surface area contributed by atoms with Crippen molar-refractivity contribution < 1.29 is 35.3 Å². The van der Waals surface area contributed by atoms with Gasteiger partial charge in [-0.05, 0) is 18.6 Å². The van der Waals surface area contributed by atoms with E-state index in [1.165, 1.54) is 6.21 Å². The number of hydrogen-bond acceptors (Lipinski definition) is 2. The zero-order valence-electron chi connectivity index (χ0n) is 11.2. The van der Waals surface area contributed by atoms with Crippen LogP contribution < -0.4 is 0 Å². The molecule has 116 valence electrons. The van der Waals surface area contributed by atoms with E-state index in [4.69, 9.17) is 18.6 Å². The summed E-state index contributed by atoms with van der Waals surface area (Å²) >= 11 is -0.556. The second-order valence-corrected chi connectivity index (χ2v) is 6.64. The average Bonchev–Trinajstić information content (AvgIpc) is 2.46. The molecule has 0 aliphatic rings. The molecule has 0 radical (unpaired) electrons. The third-order valence-corrected chi connectivity index (χ3v) is 2.60. The van der Waals surface area contributed by atoms with Crippen molar-refractivity contribution in [1.82, 2.24) is 0 Å². The van der Waals surface area contributed by atoms with Gasteiger partial charge in [0, 0.05) is 23.9 Å². The summed E-state index contributed by atoms with van der Waals surface area (Å²) in [6, 6.07) is 6.05. The van der Waals surface area contributed by atoms with Gasteiger partial charge in [-0.15, -0.1) is 0 Å². The second kappa shape index (κ2) is 9.20. The fourth-order valence-electron chi connectivity index (χ4n) is 1.54. The van der Waals surface area contributed by atoms with Crippen LogP contribution in [0.1, 0.15) is 11.1 Å². The van der Waals surface area contributed by atoms with Gasteiger partial charge in [-0.2, -0.15) is 0 Å². The van der Waals surface area contributed by atoms with Gasteiger partial charge in [0.05, 0.1) is 0 Å². The van der Waals surface area contributed by atoms with Crippen molar-refractivity contribution in [2.24, 2.45) is 4.99 Å². The summed E-state index contributed by atoms with van der Waals surface area (Å²) in [4.78, 5) is 3.71. The Morgan fingerprint density at radius 2 is 1.68 bits per heavy atom. The molecule has 0 atom stereocenters. The Labute approximate surface area is 142 Å². The molecule has 1 N–H and O–H groups in total. The van der Waals surface area contributed by atoms with Crippen LogP contribution in [0.4, 0.5) is 18.9 Å². The van der Waals surface area contributed by atoms with E-state index in [1.807, 2.05) is 0 Å². The Hall–Kier alpha value is -1.01. The number of aromatic hydroxyl groups is 1. The minimum atomic E-state index is -1.27. The summed E-state index contributed by atoms with van der Waals surface area (Å²) in [5.74, 6) is -3.41. The summed E-state index contributed by atoms with van der Waals surface area (Å²) in [5, 5.41) is 9.72. The summed E-state index contributed by atoms with van der Waals surface area (Å²) in [5.41, 5.74) is 0.665. The molecule has 2 aromatic rings. The van der Waals surface area contributed by atoms with Gasteiger partial charge in [-0.25, -0.2) is 13.2 Å². The van der Waals surface area contributed by atoms with Gasteiger partial charge in [0.2, 0.25) is 0 Å². The summed E-state index contributed by atoms with van der Waals surface area (Å²) in [6.07, 6.45) is 1.19. The normalized spacial score (nSPS) is 10.3. The van der Waals surface area contributed by atoms with E-state index in [9.17, 15) is 18.3 Å². The molecule has 0 spiro atoms. The molecule has 0 saturated carbocycles. The van der Waals surface area contributed by atoms with E-state index < -0.39 is 34.5 Å². The van der Waals surface area contributed by atoms with Crippen molar-refractivity contribution in [1.29, 1.82) is 0 Å². The molecule has 2 nitrogen and oxygen atoms in total. The number of phenols is 1. The molecule has 2 rings (SSSR count). The molecule has 0 aliphatic heterocycles. The summed E-state index contributed by atoms with van der Waals surface area (Å²) in [7, 11) is 9.78. The van der Waals surface area contributed by atoms with Crippen LogP contribution in [0.25, 0.3) is 0 Å². The predicted octanol–water partition coefficient (Wildman–Crippen LogP) is 5.25. The Morgan fingerprint density at radius 1 is 1.09 bits per heavy atom. The first-order chi connectivity index (χ1) is 10.4. The number of phenolic OH excluding ortho intramolecular Hbond substituents is 1. The SMILES string of the molecule is Cc1cccc(C=Nc2cc(F)c(F)cc2F)c1O.[Cl][Ti][Cl]. The summed E-state index contributed by atoms with van der Waals surface area (Å²) in [6.45, 7) is 1.70. The molecule has 0 bridgehead atoms. The Morgan fingerprint density at radius 3 is 2.32 bits per heavy atom. The van der Waals surface area contributed by atoms with Crippen LogP contribution in [0.5, 0.6) is 5.75 Å². The minimum absolute atomic E-state index is 0.00856. The van der Waals surface area contributed by atoms with Crippen LogP contribution in [0.2, 0.25) is 0 Å². The molecule has 8 heteroatoms. The van der Waals surface area contributed by atoms with Crippen LogP contribution in [0.15, 0.2) is 35.3 Å². The van der Waals surface area contributed by atoms with Crippen molar-refractivity contribution >= 4 is 30.5 Å². The Kier molecular flexibility index (Phi) is 7.97. The molecule has 2 aromatic carbocycles. The second-order valence-electron chi connectivity index (χ2n) is 4.06. The third-order valence-electron chi connectivity index (χ3n) is 2.60. The van der Waals surface area contributed by atoms with Crippen molar-refractivity contribution in [3.05, 3.63) is 58.9 Å². The van der Waals surface area contributed by atoms with Crippen LogP contribution in [0, 0.1) is 24.4 Å². The monoisotopic (exact) mass is 383 g/mol. The number of rotatable bonds is 2. The number of aliphatic imine (C=N–C) groups is 1. The Bertz CT molecular complexity index is 683. The molecule has 0 aromatic heterocycles. The van der Waals surface area contributed by atoms with E-state index in [0.717, 1.165) is 0 Å². The molecule has 0 aliphatic carbocycles. The molecule has 0 unspecified atom stereocenters. The van der Waals surface area contributed by atoms with E-state index in [0.29, 0.717) is 23.3 Å². The molecule has 0 heterocycles. The zero-order valence-corrected chi connectivity index (χ0v) is 14.3. The fourth-order valence-corrected chi connectivity index (χ4v) is 1.54. The first-order valence-corrected chi connectivity index (χ1v) is 10.1. The maximum absolute atomic E-state index is 13.3. The number of nitrogens with zero attached hydrogens (tertiary/aromatic N) is 1. The predicted molar refractivity (Wildman–Crippen MR) is 78.1 cm³/mol. The quantitative estimate of drug-likeness (QED) is 0.429. The summed E-state index contributed by atoms with van der Waals surface area (Å²) < 4.78 is 39.0. The number of aryl methyl sites for hydroxylation is 1. The molecule has 0 saturated heterocycles. The first-order valence-electron chi connectivity index (χ1n) is 5.84. The maximum atomic E-state index is 13.3. The zero-order chi connectivity index (χ0) is 16.7. The van der Waals surface area contributed by atoms with Gasteiger partial charge in [-0.3, -0.25) is 4.99 Å². The topological polar surface area (TPSA) is 32.6 Å². The van der Waals surface area contributed by atoms with Crippen LogP contribution in [-0.2, 0) is 17.0 Å². The fraction of sp³-hybridized carbons (Fsp3) is 0.0714. The van der Waals surface area contributed by atoms with Gasteiger partial charge in [0.25, 0.3) is 0 Å². The van der Waals surface area contributed by atoms with Gasteiger partial charge in [-0.1, -0.05) is 12.1 Å². The van der Waals surface area contributed by atoms with E-state index >= 15 is 0 Å². The molecular weight excluding hydrogens is 374 g/mol. The van der Waals surface area contributed by atoms with Crippen molar-refractivity contribution in [3.63, 3.8) is 0 Å². The van der Waals surface area contributed by atoms with E-state index in [2.05, 4.69) is 4.99 Å². The number of halogens is 5. The molecule has 0 fully saturated rings. The van der Waals surface area contributed by atoms with Gasteiger partial charge in [0.1, 0.15) is 11.4 Å². The van der Waals surface area contributed by atoms with Gasteiger partial charge < -0.3 is 5.11 Å².